The summed E-state index contributed by atoms with van der Waals surface area (Å²) in [5.74, 6) is -0.154. The highest BCUT2D eigenvalue weighted by Gasteiger charge is 2.37. The third-order valence-electron chi connectivity index (χ3n) is 4.63. The third kappa shape index (κ3) is 7.21. The molecule has 0 saturated heterocycles. The molecule has 0 radical (unpaired) electrons. The van der Waals surface area contributed by atoms with E-state index in [2.05, 4.69) is 10.6 Å². The predicted octanol–water partition coefficient (Wildman–Crippen LogP) is 3.55. The largest absolute Gasteiger partial charge is 0.444 e. The summed E-state index contributed by atoms with van der Waals surface area (Å²) in [6.45, 7) is 7.97. The summed E-state index contributed by atoms with van der Waals surface area (Å²) in [7, 11) is 0. The lowest BCUT2D eigenvalue weighted by atomic mass is 9.97. The number of carbonyl (C=O) groups is 2. The van der Waals surface area contributed by atoms with E-state index >= 15 is 0 Å². The van der Waals surface area contributed by atoms with Crippen LogP contribution in [0.4, 0.5) is 4.79 Å². The molecule has 1 aromatic carbocycles. The van der Waals surface area contributed by atoms with E-state index in [4.69, 9.17) is 9.47 Å². The van der Waals surface area contributed by atoms with E-state index in [1.807, 2.05) is 51.1 Å². The van der Waals surface area contributed by atoms with Crippen molar-refractivity contribution in [2.45, 2.75) is 77.2 Å². The number of hydrogen-bond acceptors (Lipinski definition) is 4. The smallest absolute Gasteiger partial charge is 0.407 e. The standard InChI is InChI=1S/C21H32N2O4/c1-16(26-14-17-10-6-5-7-11-17)18(24)23-21(12-8-9-13-21)15-22-19(25)27-20(2,3)4/h5-7,10-11,16H,8-9,12-15H2,1-4H3,(H,22,25)(H,23,24). The molecule has 0 aromatic heterocycles. The van der Waals surface area contributed by atoms with Gasteiger partial charge in [0.1, 0.15) is 11.7 Å². The maximum atomic E-state index is 12.6. The van der Waals surface area contributed by atoms with E-state index in [0.717, 1.165) is 31.2 Å². The van der Waals surface area contributed by atoms with Crippen LogP contribution < -0.4 is 10.6 Å². The number of amides is 2. The average molecular weight is 376 g/mol. The second-order valence-corrected chi connectivity index (χ2v) is 8.27. The Bertz CT molecular complexity index is 619. The molecule has 1 saturated carbocycles. The third-order valence-corrected chi connectivity index (χ3v) is 4.63. The molecule has 0 spiro atoms. The van der Waals surface area contributed by atoms with Crippen LogP contribution in [0.1, 0.15) is 58.9 Å². The first kappa shape index (κ1) is 21.2. The van der Waals surface area contributed by atoms with Crippen LogP contribution in [0.2, 0.25) is 0 Å². The molecular formula is C21H32N2O4. The molecule has 1 aliphatic rings. The Labute approximate surface area is 162 Å². The summed E-state index contributed by atoms with van der Waals surface area (Å²) in [6, 6.07) is 9.77. The maximum Gasteiger partial charge on any atom is 0.407 e. The minimum atomic E-state index is -0.566. The monoisotopic (exact) mass is 376 g/mol. The van der Waals surface area contributed by atoms with Gasteiger partial charge in [-0.1, -0.05) is 43.2 Å². The fourth-order valence-corrected chi connectivity index (χ4v) is 3.19. The summed E-state index contributed by atoms with van der Waals surface area (Å²) in [4.78, 5) is 24.6. The van der Waals surface area contributed by atoms with Gasteiger partial charge in [-0.15, -0.1) is 0 Å². The van der Waals surface area contributed by atoms with Crippen molar-refractivity contribution in [2.24, 2.45) is 0 Å². The molecule has 1 aromatic rings. The molecule has 1 unspecified atom stereocenters. The molecule has 0 bridgehead atoms. The molecule has 1 atom stereocenters. The van der Waals surface area contributed by atoms with Crippen molar-refractivity contribution in [3.8, 4) is 0 Å². The lowest BCUT2D eigenvalue weighted by molar-refractivity contribution is -0.134. The van der Waals surface area contributed by atoms with Crippen molar-refractivity contribution in [1.29, 1.82) is 0 Å². The second-order valence-electron chi connectivity index (χ2n) is 8.27. The van der Waals surface area contributed by atoms with Crippen LogP contribution in [0.3, 0.4) is 0 Å². The lowest BCUT2D eigenvalue weighted by Crippen LogP contribution is -2.56. The van der Waals surface area contributed by atoms with Crippen molar-refractivity contribution < 1.29 is 19.1 Å². The van der Waals surface area contributed by atoms with Crippen molar-refractivity contribution >= 4 is 12.0 Å². The zero-order valence-corrected chi connectivity index (χ0v) is 16.8. The first-order valence-corrected chi connectivity index (χ1v) is 9.64. The van der Waals surface area contributed by atoms with Gasteiger partial charge in [0.25, 0.3) is 0 Å². The molecule has 1 fully saturated rings. The van der Waals surface area contributed by atoms with E-state index in [9.17, 15) is 9.59 Å². The van der Waals surface area contributed by atoms with E-state index in [1.165, 1.54) is 0 Å². The van der Waals surface area contributed by atoms with Gasteiger partial charge in [0.15, 0.2) is 0 Å². The Balaban J connectivity index is 1.86. The topological polar surface area (TPSA) is 76.7 Å². The van der Waals surface area contributed by atoms with Crippen LogP contribution in [-0.4, -0.2) is 35.8 Å². The van der Waals surface area contributed by atoms with E-state index < -0.39 is 23.3 Å². The molecule has 2 N–H and O–H groups in total. The molecule has 6 nitrogen and oxygen atoms in total. The van der Waals surface area contributed by atoms with Gasteiger partial charge in [0.2, 0.25) is 5.91 Å². The fraction of sp³-hybridized carbons (Fsp3) is 0.619. The summed E-state index contributed by atoms with van der Waals surface area (Å²) in [5, 5.41) is 5.92. The number of nitrogens with one attached hydrogen (secondary N) is 2. The Morgan fingerprint density at radius 3 is 2.37 bits per heavy atom. The Kier molecular flexibility index (Phi) is 7.25. The second kappa shape index (κ2) is 9.22. The van der Waals surface area contributed by atoms with Gasteiger partial charge in [-0.2, -0.15) is 0 Å². The molecular weight excluding hydrogens is 344 g/mol. The number of alkyl carbamates (subject to hydrolysis) is 1. The summed E-state index contributed by atoms with van der Waals surface area (Å²) in [5.41, 5.74) is 0.0493. The number of rotatable bonds is 7. The molecule has 2 amide bonds. The van der Waals surface area contributed by atoms with Crippen molar-refractivity contribution in [1.82, 2.24) is 10.6 Å². The molecule has 2 rings (SSSR count). The molecule has 1 aliphatic carbocycles. The lowest BCUT2D eigenvalue weighted by Gasteiger charge is -2.32. The zero-order chi connectivity index (χ0) is 19.9. The Morgan fingerprint density at radius 1 is 1.15 bits per heavy atom. The first-order chi connectivity index (χ1) is 12.7. The molecule has 27 heavy (non-hydrogen) atoms. The summed E-state index contributed by atoms with van der Waals surface area (Å²) >= 11 is 0. The number of carbonyl (C=O) groups excluding carboxylic acids is 2. The molecule has 6 heteroatoms. The quantitative estimate of drug-likeness (QED) is 0.763. The minimum absolute atomic E-state index is 0.154. The van der Waals surface area contributed by atoms with E-state index in [0.29, 0.717) is 13.2 Å². The van der Waals surface area contributed by atoms with Crippen LogP contribution in [0.25, 0.3) is 0 Å². The van der Waals surface area contributed by atoms with E-state index in [-0.39, 0.29) is 5.91 Å². The summed E-state index contributed by atoms with van der Waals surface area (Å²) in [6.07, 6.45) is 2.69. The van der Waals surface area contributed by atoms with Crippen LogP contribution in [0, 0.1) is 0 Å². The van der Waals surface area contributed by atoms with Crippen LogP contribution in [0.5, 0.6) is 0 Å². The van der Waals surface area contributed by atoms with Crippen molar-refractivity contribution in [3.05, 3.63) is 35.9 Å². The van der Waals surface area contributed by atoms with Crippen molar-refractivity contribution in [3.63, 3.8) is 0 Å². The van der Waals surface area contributed by atoms with Gasteiger partial charge in [-0.25, -0.2) is 4.79 Å². The van der Waals surface area contributed by atoms with Gasteiger partial charge in [0.05, 0.1) is 12.1 Å². The summed E-state index contributed by atoms with van der Waals surface area (Å²) < 4.78 is 11.0. The Morgan fingerprint density at radius 2 is 1.78 bits per heavy atom. The molecule has 150 valence electrons. The predicted molar refractivity (Wildman–Crippen MR) is 104 cm³/mol. The average Bonchev–Trinajstić information content (AvgIpc) is 3.06. The highest BCUT2D eigenvalue weighted by Crippen LogP contribution is 2.29. The number of ether oxygens (including phenoxy) is 2. The molecule has 0 aliphatic heterocycles. The van der Waals surface area contributed by atoms with Gasteiger partial charge < -0.3 is 20.1 Å². The number of hydrogen-bond donors (Lipinski definition) is 2. The number of benzene rings is 1. The first-order valence-electron chi connectivity index (χ1n) is 9.64. The van der Waals surface area contributed by atoms with E-state index in [1.54, 1.807) is 6.92 Å². The van der Waals surface area contributed by atoms with Crippen molar-refractivity contribution in [2.75, 3.05) is 6.54 Å². The fourth-order valence-electron chi connectivity index (χ4n) is 3.19. The SMILES string of the molecule is CC(OCc1ccccc1)C(=O)NC1(CNC(=O)OC(C)(C)C)CCCC1. The van der Waals surface area contributed by atoms with Crippen LogP contribution in [-0.2, 0) is 20.9 Å². The minimum Gasteiger partial charge on any atom is -0.444 e. The molecule has 0 heterocycles. The van der Waals surface area contributed by atoms with Gasteiger partial charge in [0, 0.05) is 6.54 Å². The normalized spacial score (nSPS) is 17.2. The van der Waals surface area contributed by atoms with Crippen LogP contribution in [0.15, 0.2) is 30.3 Å². The zero-order valence-electron chi connectivity index (χ0n) is 16.8. The Hall–Kier alpha value is -2.08. The highest BCUT2D eigenvalue weighted by atomic mass is 16.6. The van der Waals surface area contributed by atoms with Crippen LogP contribution >= 0.6 is 0 Å². The highest BCUT2D eigenvalue weighted by molar-refractivity contribution is 5.81. The van der Waals surface area contributed by atoms with Gasteiger partial charge in [-0.05, 0) is 46.1 Å². The van der Waals surface area contributed by atoms with Gasteiger partial charge in [-0.3, -0.25) is 4.79 Å². The van der Waals surface area contributed by atoms with Gasteiger partial charge >= 0.3 is 6.09 Å². The maximum absolute atomic E-state index is 12.6.